The van der Waals surface area contributed by atoms with Crippen molar-refractivity contribution in [2.45, 2.75) is 6.92 Å². The highest BCUT2D eigenvalue weighted by Crippen LogP contribution is 2.30. The van der Waals surface area contributed by atoms with Gasteiger partial charge in [-0.1, -0.05) is 11.6 Å². The number of hydrogen-bond donors (Lipinski definition) is 1. The van der Waals surface area contributed by atoms with E-state index in [9.17, 15) is 10.1 Å². The highest BCUT2D eigenvalue weighted by molar-refractivity contribution is 6.33. The van der Waals surface area contributed by atoms with Crippen molar-refractivity contribution in [3.05, 3.63) is 26.9 Å². The van der Waals surface area contributed by atoms with Gasteiger partial charge in [0.15, 0.2) is 0 Å². The van der Waals surface area contributed by atoms with Crippen LogP contribution in [0.3, 0.4) is 0 Å². The van der Waals surface area contributed by atoms with Crippen LogP contribution < -0.4 is 5.73 Å². The fraction of sp³-hybridized carbons (Fsp3) is 0.167. The summed E-state index contributed by atoms with van der Waals surface area (Å²) in [5, 5.41) is 10.4. The highest BCUT2D eigenvalue weighted by Gasteiger charge is 2.19. The normalized spacial score (nSPS) is 9.83. The number of rotatable bonds is 1. The largest absolute Gasteiger partial charge is 0.378 e. The molecule has 0 spiro atoms. The number of hydrogen-bond acceptors (Lipinski definition) is 4. The molecular formula is C6H6ClN3O2. The van der Waals surface area contributed by atoms with Gasteiger partial charge in [0, 0.05) is 6.20 Å². The zero-order valence-electron chi connectivity index (χ0n) is 6.24. The van der Waals surface area contributed by atoms with Gasteiger partial charge in [-0.25, -0.2) is 4.98 Å². The first-order chi connectivity index (χ1) is 5.54. The molecule has 12 heavy (non-hydrogen) atoms. The smallest absolute Gasteiger partial charge is 0.329 e. The number of nitro groups is 1. The van der Waals surface area contributed by atoms with Gasteiger partial charge in [-0.15, -0.1) is 0 Å². The molecule has 0 saturated heterocycles. The van der Waals surface area contributed by atoms with Crippen molar-refractivity contribution in [1.82, 2.24) is 4.98 Å². The Morgan fingerprint density at radius 1 is 1.75 bits per heavy atom. The monoisotopic (exact) mass is 187 g/mol. The Balaban J connectivity index is 3.43. The van der Waals surface area contributed by atoms with Crippen LogP contribution >= 0.6 is 11.6 Å². The SMILES string of the molecule is Cc1cnc(N)c([N+](=O)[O-])c1Cl. The molecule has 1 aromatic heterocycles. The summed E-state index contributed by atoms with van der Waals surface area (Å²) in [7, 11) is 0. The number of anilines is 1. The Morgan fingerprint density at radius 2 is 2.33 bits per heavy atom. The predicted molar refractivity (Wildman–Crippen MR) is 45.1 cm³/mol. The second-order valence-corrected chi connectivity index (χ2v) is 2.62. The Bertz CT molecular complexity index is 340. The van der Waals surface area contributed by atoms with E-state index in [0.717, 1.165) is 0 Å². The first kappa shape index (κ1) is 8.73. The lowest BCUT2D eigenvalue weighted by atomic mass is 10.3. The summed E-state index contributed by atoms with van der Waals surface area (Å²) in [6.07, 6.45) is 1.39. The minimum absolute atomic E-state index is 0.0486. The maximum atomic E-state index is 10.4. The third-order valence-electron chi connectivity index (χ3n) is 1.38. The molecule has 0 atom stereocenters. The summed E-state index contributed by atoms with van der Waals surface area (Å²) < 4.78 is 0. The van der Waals surface area contributed by atoms with Gasteiger partial charge in [-0.2, -0.15) is 0 Å². The topological polar surface area (TPSA) is 82.0 Å². The van der Waals surface area contributed by atoms with Crippen molar-refractivity contribution in [3.8, 4) is 0 Å². The van der Waals surface area contributed by atoms with Gasteiger partial charge in [0.1, 0.15) is 5.02 Å². The molecule has 0 saturated carbocycles. The summed E-state index contributed by atoms with van der Waals surface area (Å²) in [5.41, 5.74) is 5.47. The first-order valence-corrected chi connectivity index (χ1v) is 3.46. The van der Waals surface area contributed by atoms with Crippen molar-refractivity contribution in [1.29, 1.82) is 0 Å². The van der Waals surface area contributed by atoms with Crippen LogP contribution in [0.2, 0.25) is 5.02 Å². The molecule has 0 aliphatic rings. The van der Waals surface area contributed by atoms with Crippen molar-refractivity contribution in [2.24, 2.45) is 0 Å². The van der Waals surface area contributed by atoms with E-state index in [1.54, 1.807) is 6.92 Å². The molecule has 1 rings (SSSR count). The van der Waals surface area contributed by atoms with E-state index < -0.39 is 4.92 Å². The van der Waals surface area contributed by atoms with Crippen molar-refractivity contribution < 1.29 is 4.92 Å². The fourth-order valence-corrected chi connectivity index (χ4v) is 0.972. The van der Waals surface area contributed by atoms with Crippen molar-refractivity contribution in [3.63, 3.8) is 0 Å². The molecule has 0 amide bonds. The Morgan fingerprint density at radius 3 is 2.75 bits per heavy atom. The van der Waals surface area contributed by atoms with Crippen LogP contribution in [0, 0.1) is 17.0 Å². The summed E-state index contributed by atoms with van der Waals surface area (Å²) in [6.45, 7) is 1.63. The number of nitrogen functional groups attached to an aromatic ring is 1. The molecule has 6 heteroatoms. The van der Waals surface area contributed by atoms with Crippen LogP contribution in [0.4, 0.5) is 11.5 Å². The third-order valence-corrected chi connectivity index (χ3v) is 1.85. The first-order valence-electron chi connectivity index (χ1n) is 3.09. The van der Waals surface area contributed by atoms with Crippen LogP contribution in [0.1, 0.15) is 5.56 Å². The Kier molecular flexibility index (Phi) is 2.14. The molecule has 1 aromatic rings. The van der Waals surface area contributed by atoms with Crippen LogP contribution in [-0.2, 0) is 0 Å². The summed E-state index contributed by atoms with van der Waals surface area (Å²) in [6, 6.07) is 0. The van der Waals surface area contributed by atoms with Gasteiger partial charge in [-0.3, -0.25) is 10.1 Å². The Hall–Kier alpha value is -1.36. The quantitative estimate of drug-likeness (QED) is 0.534. The van der Waals surface area contributed by atoms with E-state index in [1.165, 1.54) is 6.20 Å². The second kappa shape index (κ2) is 2.94. The Labute approximate surface area is 73.3 Å². The van der Waals surface area contributed by atoms with E-state index in [1.807, 2.05) is 0 Å². The maximum absolute atomic E-state index is 10.4. The van der Waals surface area contributed by atoms with Gasteiger partial charge >= 0.3 is 5.69 Å². The molecule has 64 valence electrons. The van der Waals surface area contributed by atoms with Gasteiger partial charge in [0.25, 0.3) is 0 Å². The maximum Gasteiger partial charge on any atom is 0.329 e. The van der Waals surface area contributed by atoms with Gasteiger partial charge < -0.3 is 5.73 Å². The standard InChI is InChI=1S/C6H6ClN3O2/c1-3-2-9-6(8)5(4(3)7)10(11)12/h2H,1H3,(H2,8,9). The van der Waals surface area contributed by atoms with Gasteiger partial charge in [-0.05, 0) is 12.5 Å². The lowest BCUT2D eigenvalue weighted by molar-refractivity contribution is -0.384. The lowest BCUT2D eigenvalue weighted by Crippen LogP contribution is -2.00. The van der Waals surface area contributed by atoms with E-state index in [-0.39, 0.29) is 16.5 Å². The number of nitrogens with zero attached hydrogens (tertiary/aromatic N) is 2. The van der Waals surface area contributed by atoms with Gasteiger partial charge in [0.2, 0.25) is 5.82 Å². The van der Waals surface area contributed by atoms with E-state index in [4.69, 9.17) is 17.3 Å². The average Bonchev–Trinajstić information content (AvgIpc) is 1.97. The second-order valence-electron chi connectivity index (χ2n) is 2.25. The minimum Gasteiger partial charge on any atom is -0.378 e. The number of aryl methyl sites for hydroxylation is 1. The third kappa shape index (κ3) is 1.31. The summed E-state index contributed by atoms with van der Waals surface area (Å²) >= 11 is 5.63. The van der Waals surface area contributed by atoms with Crippen molar-refractivity contribution >= 4 is 23.1 Å². The van der Waals surface area contributed by atoms with E-state index in [0.29, 0.717) is 5.56 Å². The molecule has 0 aliphatic heterocycles. The molecular weight excluding hydrogens is 182 g/mol. The number of halogens is 1. The molecule has 0 unspecified atom stereocenters. The van der Waals surface area contributed by atoms with Crippen LogP contribution in [-0.4, -0.2) is 9.91 Å². The minimum atomic E-state index is -0.641. The molecule has 0 radical (unpaired) electrons. The summed E-state index contributed by atoms with van der Waals surface area (Å²) in [4.78, 5) is 13.4. The van der Waals surface area contributed by atoms with E-state index in [2.05, 4.69) is 4.98 Å². The lowest BCUT2D eigenvalue weighted by Gasteiger charge is -2.00. The van der Waals surface area contributed by atoms with Crippen LogP contribution in [0.15, 0.2) is 6.20 Å². The van der Waals surface area contributed by atoms with Gasteiger partial charge in [0.05, 0.1) is 4.92 Å². The average molecular weight is 188 g/mol. The molecule has 1 heterocycles. The van der Waals surface area contributed by atoms with Crippen molar-refractivity contribution in [2.75, 3.05) is 5.73 Å². The van der Waals surface area contributed by atoms with E-state index >= 15 is 0 Å². The molecule has 5 nitrogen and oxygen atoms in total. The van der Waals surface area contributed by atoms with Crippen LogP contribution in [0.25, 0.3) is 0 Å². The zero-order chi connectivity index (χ0) is 9.30. The highest BCUT2D eigenvalue weighted by atomic mass is 35.5. The number of pyridine rings is 1. The number of aromatic nitrogens is 1. The molecule has 0 bridgehead atoms. The number of nitrogens with two attached hydrogens (primary N) is 1. The summed E-state index contributed by atoms with van der Waals surface area (Å²) in [5.74, 6) is -0.157. The molecule has 0 fully saturated rings. The predicted octanol–water partition coefficient (Wildman–Crippen LogP) is 1.53. The molecule has 2 N–H and O–H groups in total. The molecule has 0 aromatic carbocycles. The molecule has 0 aliphatic carbocycles. The fourth-order valence-electron chi connectivity index (χ4n) is 0.757. The van der Waals surface area contributed by atoms with Crippen LogP contribution in [0.5, 0.6) is 0 Å². The zero-order valence-corrected chi connectivity index (χ0v) is 7.00.